The van der Waals surface area contributed by atoms with Crippen LogP contribution in [0.1, 0.15) is 25.6 Å². The molecule has 29 heavy (non-hydrogen) atoms. The van der Waals surface area contributed by atoms with Crippen molar-refractivity contribution in [3.05, 3.63) is 12.0 Å². The lowest BCUT2D eigenvalue weighted by Gasteiger charge is -2.31. The molecule has 1 unspecified atom stereocenters. The van der Waals surface area contributed by atoms with E-state index in [2.05, 4.69) is 4.98 Å². The number of hydrogen-bond acceptors (Lipinski definition) is 7. The zero-order chi connectivity index (χ0) is 21.2. The zero-order valence-corrected chi connectivity index (χ0v) is 17.9. The molecule has 3 rings (SSSR count). The third-order valence-corrected chi connectivity index (χ3v) is 7.21. The number of rotatable bonds is 5. The van der Waals surface area contributed by atoms with Crippen molar-refractivity contribution in [2.45, 2.75) is 37.8 Å². The molecule has 11 heteroatoms. The topological polar surface area (TPSA) is 111 Å². The molecule has 2 aliphatic rings. The van der Waals surface area contributed by atoms with Gasteiger partial charge in [0.1, 0.15) is 5.82 Å². The van der Waals surface area contributed by atoms with Gasteiger partial charge < -0.3 is 18.9 Å². The van der Waals surface area contributed by atoms with Gasteiger partial charge in [-0.25, -0.2) is 13.4 Å². The summed E-state index contributed by atoms with van der Waals surface area (Å²) in [4.78, 5) is 30.6. The largest absolute Gasteiger partial charge is 0.452 e. The number of piperidine rings is 1. The first-order valence-electron chi connectivity index (χ1n) is 9.77. The van der Waals surface area contributed by atoms with E-state index in [1.165, 1.54) is 10.5 Å². The minimum absolute atomic E-state index is 0.0169. The molecule has 0 bridgehead atoms. The maximum Gasteiger partial charge on any atom is 0.309 e. The summed E-state index contributed by atoms with van der Waals surface area (Å²) in [6.07, 6.45) is 1.33. The Balaban J connectivity index is 1.53. The molecule has 0 N–H and O–H groups in total. The molecule has 0 spiro atoms. The average molecular weight is 429 g/mol. The molecule has 0 aliphatic carbocycles. The summed E-state index contributed by atoms with van der Waals surface area (Å²) in [5.74, 6) is -0.496. The Morgan fingerprint density at radius 2 is 1.83 bits per heavy atom. The number of sulfonamides is 1. The number of ether oxygens (including phenoxy) is 2. The molecule has 0 saturated carbocycles. The number of morpholine rings is 1. The SMILES string of the molecule is Cc1nc(S(=O)(=O)N2CCC(C(=O)OC(C)C(=O)N3CCOCC3)CC2)cn1C. The summed E-state index contributed by atoms with van der Waals surface area (Å²) in [6.45, 7) is 5.67. The van der Waals surface area contributed by atoms with Gasteiger partial charge in [0.15, 0.2) is 11.1 Å². The summed E-state index contributed by atoms with van der Waals surface area (Å²) in [6, 6.07) is 0. The van der Waals surface area contributed by atoms with Gasteiger partial charge in [-0.15, -0.1) is 0 Å². The Morgan fingerprint density at radius 1 is 1.21 bits per heavy atom. The molecule has 2 fully saturated rings. The quantitative estimate of drug-likeness (QED) is 0.603. The lowest BCUT2D eigenvalue weighted by Crippen LogP contribution is -2.47. The van der Waals surface area contributed by atoms with Crippen LogP contribution in [0.25, 0.3) is 0 Å². The molecule has 2 saturated heterocycles. The number of imidazole rings is 1. The van der Waals surface area contributed by atoms with Crippen LogP contribution >= 0.6 is 0 Å². The number of carbonyl (C=O) groups is 2. The van der Waals surface area contributed by atoms with E-state index >= 15 is 0 Å². The Morgan fingerprint density at radius 3 is 2.38 bits per heavy atom. The summed E-state index contributed by atoms with van der Waals surface area (Å²) < 4.78 is 39.1. The molecular formula is C18H28N4O6S. The monoisotopic (exact) mass is 428 g/mol. The Labute approximate surface area is 170 Å². The van der Waals surface area contributed by atoms with Crippen LogP contribution in [-0.2, 0) is 36.1 Å². The Kier molecular flexibility index (Phi) is 6.59. The smallest absolute Gasteiger partial charge is 0.309 e. The van der Waals surface area contributed by atoms with Gasteiger partial charge in [0.05, 0.1) is 19.1 Å². The van der Waals surface area contributed by atoms with Crippen LogP contribution in [0.15, 0.2) is 11.2 Å². The highest BCUT2D eigenvalue weighted by Gasteiger charge is 2.35. The van der Waals surface area contributed by atoms with Crippen molar-refractivity contribution >= 4 is 21.9 Å². The maximum absolute atomic E-state index is 12.7. The standard InChI is InChI=1S/C18H28N4O6S/c1-13(17(23)21-8-10-27-11-9-21)28-18(24)15-4-6-22(7-5-15)29(25,26)16-12-20(3)14(2)19-16/h12-13,15H,4-11H2,1-3H3. The van der Waals surface area contributed by atoms with Crippen molar-refractivity contribution in [1.29, 1.82) is 0 Å². The van der Waals surface area contributed by atoms with Crippen molar-refractivity contribution in [2.24, 2.45) is 13.0 Å². The van der Waals surface area contributed by atoms with Gasteiger partial charge in [-0.1, -0.05) is 0 Å². The molecule has 2 aliphatic heterocycles. The summed E-state index contributed by atoms with van der Waals surface area (Å²) in [7, 11) is -1.95. The predicted octanol–water partition coefficient (Wildman–Crippen LogP) is -0.0803. The zero-order valence-electron chi connectivity index (χ0n) is 17.0. The number of hydrogen-bond donors (Lipinski definition) is 0. The van der Waals surface area contributed by atoms with Gasteiger partial charge in [-0.2, -0.15) is 4.31 Å². The van der Waals surface area contributed by atoms with Gasteiger partial charge >= 0.3 is 5.97 Å². The molecule has 3 heterocycles. The Bertz CT molecular complexity index is 834. The second-order valence-corrected chi connectivity index (χ2v) is 9.32. The van der Waals surface area contributed by atoms with Crippen molar-refractivity contribution in [3.63, 3.8) is 0 Å². The lowest BCUT2D eigenvalue weighted by molar-refractivity contribution is -0.164. The van der Waals surface area contributed by atoms with Crippen molar-refractivity contribution in [3.8, 4) is 0 Å². The number of esters is 1. The second-order valence-electron chi connectivity index (χ2n) is 7.43. The summed E-state index contributed by atoms with van der Waals surface area (Å²) in [5, 5.41) is 0.0169. The van der Waals surface area contributed by atoms with Crippen LogP contribution < -0.4 is 0 Å². The summed E-state index contributed by atoms with van der Waals surface area (Å²) in [5.41, 5.74) is 0. The van der Waals surface area contributed by atoms with Crippen LogP contribution in [0, 0.1) is 12.8 Å². The minimum Gasteiger partial charge on any atom is -0.452 e. The molecule has 1 aromatic rings. The Hall–Kier alpha value is -1.98. The normalized spacial score (nSPS) is 20.4. The van der Waals surface area contributed by atoms with Gasteiger partial charge in [0.2, 0.25) is 0 Å². The van der Waals surface area contributed by atoms with E-state index in [1.807, 2.05) is 0 Å². The highest BCUT2D eigenvalue weighted by Crippen LogP contribution is 2.24. The maximum atomic E-state index is 12.7. The van der Waals surface area contributed by atoms with E-state index < -0.39 is 28.0 Å². The van der Waals surface area contributed by atoms with Crippen molar-refractivity contribution in [1.82, 2.24) is 18.8 Å². The number of nitrogens with zero attached hydrogens (tertiary/aromatic N) is 4. The van der Waals surface area contributed by atoms with E-state index in [0.717, 1.165) is 0 Å². The first-order valence-corrected chi connectivity index (χ1v) is 11.2. The molecule has 162 valence electrons. The molecular weight excluding hydrogens is 400 g/mol. The third kappa shape index (κ3) is 4.78. The number of aromatic nitrogens is 2. The average Bonchev–Trinajstić information content (AvgIpc) is 3.07. The highest BCUT2D eigenvalue weighted by molar-refractivity contribution is 7.89. The van der Waals surface area contributed by atoms with Gasteiger partial charge in [-0.05, 0) is 26.7 Å². The van der Waals surface area contributed by atoms with Gasteiger partial charge in [0, 0.05) is 39.4 Å². The fourth-order valence-electron chi connectivity index (χ4n) is 3.48. The molecule has 0 aromatic carbocycles. The number of carbonyl (C=O) groups excluding carboxylic acids is 2. The van der Waals surface area contributed by atoms with Gasteiger partial charge in [0.25, 0.3) is 15.9 Å². The second kappa shape index (κ2) is 8.80. The van der Waals surface area contributed by atoms with Crippen LogP contribution in [-0.4, -0.2) is 84.5 Å². The third-order valence-electron chi connectivity index (χ3n) is 5.44. The van der Waals surface area contributed by atoms with E-state index in [0.29, 0.717) is 45.0 Å². The van der Waals surface area contributed by atoms with Gasteiger partial charge in [-0.3, -0.25) is 9.59 Å². The summed E-state index contributed by atoms with van der Waals surface area (Å²) >= 11 is 0. The molecule has 0 radical (unpaired) electrons. The fourth-order valence-corrected chi connectivity index (χ4v) is 4.97. The van der Waals surface area contributed by atoms with Crippen LogP contribution in [0.4, 0.5) is 0 Å². The number of aryl methyl sites for hydroxylation is 2. The molecule has 10 nitrogen and oxygen atoms in total. The van der Waals surface area contributed by atoms with Crippen molar-refractivity contribution in [2.75, 3.05) is 39.4 Å². The van der Waals surface area contributed by atoms with Crippen molar-refractivity contribution < 1.29 is 27.5 Å². The van der Waals surface area contributed by atoms with E-state index in [1.54, 1.807) is 30.4 Å². The number of amides is 1. The molecule has 1 amide bonds. The van der Waals surface area contributed by atoms with Crippen LogP contribution in [0.5, 0.6) is 0 Å². The van der Waals surface area contributed by atoms with E-state index in [-0.39, 0.29) is 24.0 Å². The van der Waals surface area contributed by atoms with Crippen LogP contribution in [0.2, 0.25) is 0 Å². The first-order chi connectivity index (χ1) is 13.7. The van der Waals surface area contributed by atoms with Crippen LogP contribution in [0.3, 0.4) is 0 Å². The molecule has 1 aromatic heterocycles. The predicted molar refractivity (Wildman–Crippen MR) is 102 cm³/mol. The lowest BCUT2D eigenvalue weighted by atomic mass is 9.98. The van der Waals surface area contributed by atoms with E-state index in [4.69, 9.17) is 9.47 Å². The minimum atomic E-state index is -3.69. The van der Waals surface area contributed by atoms with E-state index in [9.17, 15) is 18.0 Å². The first kappa shape index (κ1) is 21.7. The fraction of sp³-hybridized carbons (Fsp3) is 0.722. The molecule has 1 atom stereocenters. The highest BCUT2D eigenvalue weighted by atomic mass is 32.2.